The summed E-state index contributed by atoms with van der Waals surface area (Å²) in [6.45, 7) is 1.54. The zero-order valence-electron chi connectivity index (χ0n) is 8.97. The van der Waals surface area contributed by atoms with Crippen molar-refractivity contribution in [2.24, 2.45) is 23.5 Å². The first-order valence-corrected chi connectivity index (χ1v) is 5.93. The molecular formula is C11H18N4. The van der Waals surface area contributed by atoms with Crippen molar-refractivity contribution in [3.8, 4) is 0 Å². The second-order valence-electron chi connectivity index (χ2n) is 5.00. The number of hydrogen-bond acceptors (Lipinski definition) is 3. The average molecular weight is 206 g/mol. The van der Waals surface area contributed by atoms with Gasteiger partial charge in [-0.2, -0.15) is 5.10 Å². The minimum absolute atomic E-state index is 0.501. The van der Waals surface area contributed by atoms with Crippen molar-refractivity contribution in [3.05, 3.63) is 12.2 Å². The molecule has 82 valence electrons. The molecule has 2 N–H and O–H groups in total. The second-order valence-corrected chi connectivity index (χ2v) is 5.00. The molecule has 15 heavy (non-hydrogen) atoms. The summed E-state index contributed by atoms with van der Waals surface area (Å²) in [5, 5.41) is 4.26. The minimum Gasteiger partial charge on any atom is -0.324 e. The smallest absolute Gasteiger partial charge is 0.140 e. The topological polar surface area (TPSA) is 56.7 Å². The van der Waals surface area contributed by atoms with E-state index in [-0.39, 0.29) is 0 Å². The first-order valence-electron chi connectivity index (χ1n) is 5.93. The van der Waals surface area contributed by atoms with Crippen molar-refractivity contribution in [2.75, 3.05) is 0 Å². The van der Waals surface area contributed by atoms with Gasteiger partial charge < -0.3 is 5.73 Å². The maximum absolute atomic E-state index is 5.62. The van der Waals surface area contributed by atoms with Crippen molar-refractivity contribution in [3.63, 3.8) is 0 Å². The third-order valence-corrected chi connectivity index (χ3v) is 4.17. The van der Waals surface area contributed by atoms with E-state index in [1.165, 1.54) is 25.7 Å². The van der Waals surface area contributed by atoms with Crippen LogP contribution in [-0.2, 0) is 13.1 Å². The predicted molar refractivity (Wildman–Crippen MR) is 56.9 cm³/mol. The molecule has 0 saturated heterocycles. The molecule has 0 spiro atoms. The predicted octanol–water partition coefficient (Wildman–Crippen LogP) is 1.17. The summed E-state index contributed by atoms with van der Waals surface area (Å²) < 4.78 is 2.01. The lowest BCUT2D eigenvalue weighted by Gasteiger charge is -2.21. The molecule has 0 radical (unpaired) electrons. The Balaban J connectivity index is 1.70. The highest BCUT2D eigenvalue weighted by Gasteiger charge is 2.39. The van der Waals surface area contributed by atoms with Gasteiger partial charge in [0, 0.05) is 6.54 Å². The zero-order valence-corrected chi connectivity index (χ0v) is 8.97. The first-order chi connectivity index (χ1) is 7.36. The Hall–Kier alpha value is -0.900. The zero-order chi connectivity index (χ0) is 10.3. The van der Waals surface area contributed by atoms with Crippen molar-refractivity contribution in [1.29, 1.82) is 0 Å². The third-order valence-electron chi connectivity index (χ3n) is 4.17. The second kappa shape index (κ2) is 3.59. The lowest BCUT2D eigenvalue weighted by atomic mass is 9.89. The van der Waals surface area contributed by atoms with E-state index in [4.69, 9.17) is 5.73 Å². The molecule has 3 rings (SSSR count). The highest BCUT2D eigenvalue weighted by molar-refractivity contribution is 4.91. The molecule has 2 aliphatic rings. The van der Waals surface area contributed by atoms with Crippen LogP contribution in [0.1, 0.15) is 31.5 Å². The molecule has 2 bridgehead atoms. The van der Waals surface area contributed by atoms with Crippen LogP contribution in [0.4, 0.5) is 0 Å². The van der Waals surface area contributed by atoms with E-state index < -0.39 is 0 Å². The van der Waals surface area contributed by atoms with Crippen LogP contribution in [0.15, 0.2) is 6.33 Å². The monoisotopic (exact) mass is 206 g/mol. The Morgan fingerprint density at radius 3 is 3.00 bits per heavy atom. The van der Waals surface area contributed by atoms with Gasteiger partial charge in [0.25, 0.3) is 0 Å². The molecule has 3 unspecified atom stereocenters. The van der Waals surface area contributed by atoms with Gasteiger partial charge in [0.15, 0.2) is 0 Å². The lowest BCUT2D eigenvalue weighted by Crippen LogP contribution is -2.20. The molecule has 0 amide bonds. The molecule has 3 atom stereocenters. The van der Waals surface area contributed by atoms with E-state index in [0.29, 0.717) is 6.54 Å². The van der Waals surface area contributed by atoms with Crippen LogP contribution in [0.25, 0.3) is 0 Å². The van der Waals surface area contributed by atoms with Gasteiger partial charge in [-0.15, -0.1) is 0 Å². The molecule has 0 aliphatic heterocycles. The van der Waals surface area contributed by atoms with E-state index in [9.17, 15) is 0 Å². The van der Waals surface area contributed by atoms with Crippen LogP contribution in [0, 0.1) is 17.8 Å². The Kier molecular flexibility index (Phi) is 2.24. The van der Waals surface area contributed by atoms with Crippen LogP contribution < -0.4 is 5.73 Å². The van der Waals surface area contributed by atoms with Crippen LogP contribution in [0.2, 0.25) is 0 Å². The maximum atomic E-state index is 5.62. The Bertz CT molecular complexity index is 346. The summed E-state index contributed by atoms with van der Waals surface area (Å²) in [6.07, 6.45) is 7.37. The molecule has 2 aliphatic carbocycles. The summed E-state index contributed by atoms with van der Waals surface area (Å²) in [4.78, 5) is 4.17. The quantitative estimate of drug-likeness (QED) is 0.807. The van der Waals surface area contributed by atoms with Crippen molar-refractivity contribution in [1.82, 2.24) is 14.8 Å². The molecule has 2 fully saturated rings. The number of nitrogens with two attached hydrogens (primary N) is 1. The lowest BCUT2D eigenvalue weighted by molar-refractivity contribution is 0.282. The van der Waals surface area contributed by atoms with Gasteiger partial charge in [-0.1, -0.05) is 6.42 Å². The Morgan fingerprint density at radius 2 is 2.33 bits per heavy atom. The summed E-state index contributed by atoms with van der Waals surface area (Å²) in [5.74, 6) is 3.71. The van der Waals surface area contributed by atoms with Gasteiger partial charge >= 0.3 is 0 Å². The number of hydrogen-bond donors (Lipinski definition) is 1. The normalized spacial score (nSPS) is 33.8. The third kappa shape index (κ3) is 1.57. The van der Waals surface area contributed by atoms with E-state index in [2.05, 4.69) is 10.1 Å². The van der Waals surface area contributed by atoms with Crippen LogP contribution in [-0.4, -0.2) is 14.8 Å². The Morgan fingerprint density at radius 1 is 1.40 bits per heavy atom. The molecule has 4 nitrogen and oxygen atoms in total. The van der Waals surface area contributed by atoms with E-state index >= 15 is 0 Å². The molecule has 1 heterocycles. The highest BCUT2D eigenvalue weighted by atomic mass is 15.3. The number of aromatic nitrogens is 3. The molecular weight excluding hydrogens is 188 g/mol. The fourth-order valence-electron chi connectivity index (χ4n) is 3.42. The van der Waals surface area contributed by atoms with Gasteiger partial charge in [0.05, 0.1) is 6.54 Å². The van der Waals surface area contributed by atoms with Gasteiger partial charge in [-0.05, 0) is 37.0 Å². The summed E-state index contributed by atoms with van der Waals surface area (Å²) in [7, 11) is 0. The fourth-order valence-corrected chi connectivity index (χ4v) is 3.42. The fraction of sp³-hybridized carbons (Fsp3) is 0.818. The van der Waals surface area contributed by atoms with Crippen molar-refractivity contribution < 1.29 is 0 Å². The SMILES string of the molecule is NCc1ncnn1CC1CC2CCC1C2. The summed E-state index contributed by atoms with van der Waals surface area (Å²) >= 11 is 0. The molecule has 0 aromatic carbocycles. The van der Waals surface area contributed by atoms with Gasteiger partial charge in [-0.25, -0.2) is 9.67 Å². The number of fused-ring (bicyclic) bond motifs is 2. The van der Waals surface area contributed by atoms with Gasteiger partial charge in [-0.3, -0.25) is 0 Å². The molecule has 1 aromatic heterocycles. The van der Waals surface area contributed by atoms with Crippen molar-refractivity contribution >= 4 is 0 Å². The summed E-state index contributed by atoms with van der Waals surface area (Å²) in [5.41, 5.74) is 5.62. The number of nitrogens with zero attached hydrogens (tertiary/aromatic N) is 3. The first kappa shape index (κ1) is 9.33. The minimum atomic E-state index is 0.501. The molecule has 4 heteroatoms. The van der Waals surface area contributed by atoms with Gasteiger partial charge in [0.1, 0.15) is 12.2 Å². The van der Waals surface area contributed by atoms with E-state index in [1.807, 2.05) is 4.68 Å². The van der Waals surface area contributed by atoms with E-state index in [1.54, 1.807) is 6.33 Å². The van der Waals surface area contributed by atoms with Crippen LogP contribution >= 0.6 is 0 Å². The maximum Gasteiger partial charge on any atom is 0.140 e. The number of rotatable bonds is 3. The van der Waals surface area contributed by atoms with Crippen LogP contribution in [0.3, 0.4) is 0 Å². The van der Waals surface area contributed by atoms with Crippen LogP contribution in [0.5, 0.6) is 0 Å². The molecule has 1 aromatic rings. The standard InChI is InChI=1S/C11H18N4/c12-5-11-13-7-14-15(11)6-10-4-8-1-2-9(10)3-8/h7-10H,1-6,12H2. The largest absolute Gasteiger partial charge is 0.324 e. The average Bonchev–Trinajstić information content (AvgIpc) is 2.92. The van der Waals surface area contributed by atoms with Gasteiger partial charge in [0.2, 0.25) is 0 Å². The highest BCUT2D eigenvalue weighted by Crippen LogP contribution is 2.48. The van der Waals surface area contributed by atoms with Crippen molar-refractivity contribution in [2.45, 2.75) is 38.8 Å². The van der Waals surface area contributed by atoms with E-state index in [0.717, 1.165) is 30.1 Å². The Labute approximate surface area is 89.9 Å². The summed E-state index contributed by atoms with van der Waals surface area (Å²) in [6, 6.07) is 0. The molecule has 2 saturated carbocycles.